The summed E-state index contributed by atoms with van der Waals surface area (Å²) in [4.78, 5) is 118. The van der Waals surface area contributed by atoms with Gasteiger partial charge in [-0.25, -0.2) is 0 Å². The fraction of sp³-hybridized carbons (Fsp3) is 0.0110. The molecule has 0 atom stereocenters. The molecule has 4 aliphatic carbocycles. The molecule has 15 aromatic carbocycles. The van der Waals surface area contributed by atoms with E-state index in [1.807, 2.05) is 153 Å². The Morgan fingerprint density at radius 3 is 1.05 bits per heavy atom. The van der Waals surface area contributed by atoms with Crippen molar-refractivity contribution in [1.29, 1.82) is 0 Å². The molecule has 0 unspecified atom stereocenters. The van der Waals surface area contributed by atoms with Crippen LogP contribution < -0.4 is 21.7 Å². The minimum atomic E-state index is -0.280. The highest BCUT2D eigenvalue weighted by Crippen LogP contribution is 2.48. The number of hydrogen-bond donors (Lipinski definition) is 4. The molecule has 4 aromatic heterocycles. The van der Waals surface area contributed by atoms with Crippen molar-refractivity contribution < 1.29 is 19.2 Å². The molecule has 0 spiro atoms. The molecule has 4 aliphatic rings. The average Bonchev–Trinajstić information content (AvgIpc) is 0.694. The highest BCUT2D eigenvalue weighted by atomic mass is 79.9. The van der Waals surface area contributed by atoms with Gasteiger partial charge in [-0.3, -0.25) is 38.4 Å². The molecule has 0 bridgehead atoms. The number of aromatic nitrogens is 4. The molecule has 0 aliphatic heterocycles. The molecule has 23 rings (SSSR count). The first-order valence-corrected chi connectivity index (χ1v) is 35.2. The average molecular weight is 1440 g/mol. The van der Waals surface area contributed by atoms with Crippen molar-refractivity contribution in [2.45, 2.75) is 6.92 Å². The van der Waals surface area contributed by atoms with Crippen LogP contribution in [0.4, 0.5) is 0 Å². The smallest absolute Gasteiger partial charge is 0.201 e. The van der Waals surface area contributed by atoms with E-state index in [0.717, 1.165) is 103 Å². The number of carbonyl (C=O) groups excluding carboxylic acids is 4. The number of aryl methyl sites for hydroxylation is 1. The predicted molar refractivity (Wildman–Crippen MR) is 425 cm³/mol. The summed E-state index contributed by atoms with van der Waals surface area (Å²) in [6.07, 6.45) is 0. The lowest BCUT2D eigenvalue weighted by Gasteiger charge is -2.23. The third-order valence-electron chi connectivity index (χ3n) is 21.3. The lowest BCUT2D eigenvalue weighted by Crippen LogP contribution is -2.22. The number of nitrogens with one attached hydrogen (secondary N) is 4. The highest BCUT2D eigenvalue weighted by Gasteiger charge is 2.35. The van der Waals surface area contributed by atoms with E-state index in [4.69, 9.17) is 11.6 Å². The summed E-state index contributed by atoms with van der Waals surface area (Å²) in [5, 5.41) is 17.3. The first-order valence-electron chi connectivity index (χ1n) is 34.1. The molecule has 19 aromatic rings. The number of H-pyrrole nitrogens is 4. The number of carbonyl (C=O) groups is 4. The van der Waals surface area contributed by atoms with E-state index in [1.54, 1.807) is 48.5 Å². The van der Waals surface area contributed by atoms with Gasteiger partial charge in [0.15, 0.2) is 23.1 Å². The lowest BCUT2D eigenvalue weighted by molar-refractivity contribution is 0.103. The van der Waals surface area contributed by atoms with Crippen LogP contribution in [0.15, 0.2) is 272 Å². The van der Waals surface area contributed by atoms with E-state index in [2.05, 4.69) is 90.5 Å². The van der Waals surface area contributed by atoms with Gasteiger partial charge in [0, 0.05) is 119 Å². The molecule has 105 heavy (non-hydrogen) atoms. The Morgan fingerprint density at radius 1 is 0.257 bits per heavy atom. The van der Waals surface area contributed by atoms with Crippen LogP contribution in [0, 0.1) is 6.92 Å². The maximum atomic E-state index is 13.8. The summed E-state index contributed by atoms with van der Waals surface area (Å²) in [6.45, 7) is 1.95. The van der Waals surface area contributed by atoms with Crippen LogP contribution in [0.3, 0.4) is 0 Å². The number of benzene rings is 15. The summed E-state index contributed by atoms with van der Waals surface area (Å²) < 4.78 is 0.811. The Bertz CT molecular complexity index is 7330. The van der Waals surface area contributed by atoms with Crippen molar-refractivity contribution in [3.63, 3.8) is 0 Å². The van der Waals surface area contributed by atoms with Gasteiger partial charge in [0.25, 0.3) is 0 Å². The van der Waals surface area contributed by atoms with Crippen LogP contribution in [-0.2, 0) is 0 Å². The summed E-state index contributed by atoms with van der Waals surface area (Å²) in [5.41, 5.74) is 12.3. The molecule has 14 heteroatoms. The number of aromatic amines is 4. The molecule has 0 saturated carbocycles. The number of para-hydroxylation sites is 1. The van der Waals surface area contributed by atoms with Crippen LogP contribution in [0.2, 0.25) is 5.02 Å². The van der Waals surface area contributed by atoms with Crippen molar-refractivity contribution in [3.05, 3.63) is 349 Å². The molecule has 12 nitrogen and oxygen atoms in total. The minimum absolute atomic E-state index is 0.191. The fourth-order valence-electron chi connectivity index (χ4n) is 16.7. The number of hydrogen-bond acceptors (Lipinski definition) is 8. The maximum Gasteiger partial charge on any atom is 0.201 e. The molecule has 0 fully saturated rings. The van der Waals surface area contributed by atoms with E-state index in [1.165, 1.54) is 21.5 Å². The Hall–Kier alpha value is -13.3. The van der Waals surface area contributed by atoms with E-state index in [9.17, 15) is 38.4 Å². The predicted octanol–water partition coefficient (Wildman–Crippen LogP) is 20.2. The van der Waals surface area contributed by atoms with Gasteiger partial charge in [-0.05, 0) is 128 Å². The van der Waals surface area contributed by atoms with E-state index >= 15 is 0 Å². The highest BCUT2D eigenvalue weighted by molar-refractivity contribution is 9.10. The van der Waals surface area contributed by atoms with Gasteiger partial charge >= 0.3 is 0 Å². The van der Waals surface area contributed by atoms with Crippen molar-refractivity contribution in [2.75, 3.05) is 0 Å². The van der Waals surface area contributed by atoms with Gasteiger partial charge in [-0.1, -0.05) is 215 Å². The number of halogens is 2. The van der Waals surface area contributed by atoms with Crippen LogP contribution >= 0.6 is 27.5 Å². The monoisotopic (exact) mass is 1440 g/mol. The Labute approximate surface area is 605 Å². The number of pyridine rings is 4. The Balaban J connectivity index is 0.0000000944. The number of rotatable bonds is 0. The quantitative estimate of drug-likeness (QED) is 0.0849. The SMILES string of the molecule is Cc1ccc2[nH]c3c(c(=O)c2c1)C(=O)c1ccc2c4cccc5cccc(c6ccc-3c1c26)c54.O=C1c2c([nH]c3ccc(Br)cc3c2=O)-c2cccc3cccc1c23.O=C1c2c([nH]c3ccc(Cl)cc3c2=O)-c2cccc3cccc1c23.O=C1c2c([nH]c3ccccc3c2=O)-c2cccc3cccc1c23. The summed E-state index contributed by atoms with van der Waals surface area (Å²) in [7, 11) is 0. The standard InChI is InChI=1S/C31H17NO2.C20H10BrNO2.C20H10ClNO2.C20H11NO2/c1-15-8-13-24-23(14-15)31(34)28-29(32-24)21-11-9-19-17-6-2-4-16-5-3-7-18(25(16)17)20-10-12-22(30(28)33)27(21)26(19)20;2*21-11-7-8-15-14(9-11)20(24)17-18(22-15)12-5-1-3-10-4-2-6-13(16(10)12)19(17)23;22-19-12-7-1-2-10-15(12)21-18-13-8-3-5-11-6-4-9-14(16(11)13)20(23)17(18)19/h2-14H,1H3,(H,32,34);2*1-9H,(H,22,24);1-10H,(H,21,22). The Kier molecular flexibility index (Phi) is 13.4. The zero-order chi connectivity index (χ0) is 71.1. The molecular formula is C91H48BrClN4O8. The van der Waals surface area contributed by atoms with Gasteiger partial charge in [-0.15, -0.1) is 0 Å². The topological polar surface area (TPSA) is 200 Å². The molecule has 0 saturated heterocycles. The van der Waals surface area contributed by atoms with Crippen molar-refractivity contribution in [1.82, 2.24) is 19.9 Å². The largest absolute Gasteiger partial charge is 0.354 e. The van der Waals surface area contributed by atoms with Gasteiger partial charge in [0.1, 0.15) is 0 Å². The molecule has 0 radical (unpaired) electrons. The first kappa shape index (κ1) is 61.5. The van der Waals surface area contributed by atoms with E-state index in [0.29, 0.717) is 77.1 Å². The molecular weight excluding hydrogens is 1390 g/mol. The van der Waals surface area contributed by atoms with Crippen LogP contribution in [0.1, 0.15) is 69.2 Å². The molecule has 4 heterocycles. The zero-order valence-corrected chi connectivity index (χ0v) is 57.5. The van der Waals surface area contributed by atoms with E-state index in [-0.39, 0.29) is 67.1 Å². The van der Waals surface area contributed by atoms with Crippen molar-refractivity contribution in [2.24, 2.45) is 0 Å². The van der Waals surface area contributed by atoms with Crippen molar-refractivity contribution in [3.8, 4) is 45.0 Å². The second kappa shape index (κ2) is 22.8. The van der Waals surface area contributed by atoms with Crippen LogP contribution in [0.25, 0.3) is 164 Å². The molecule has 0 amide bonds. The van der Waals surface area contributed by atoms with Crippen LogP contribution in [0.5, 0.6) is 0 Å². The summed E-state index contributed by atoms with van der Waals surface area (Å²) >= 11 is 9.41. The first-order chi connectivity index (χ1) is 51.2. The minimum Gasteiger partial charge on any atom is -0.354 e. The van der Waals surface area contributed by atoms with Gasteiger partial charge in [0.05, 0.1) is 45.0 Å². The van der Waals surface area contributed by atoms with Gasteiger partial charge in [-0.2, -0.15) is 0 Å². The van der Waals surface area contributed by atoms with Gasteiger partial charge in [0.2, 0.25) is 21.7 Å². The van der Waals surface area contributed by atoms with Crippen molar-refractivity contribution >= 4 is 170 Å². The molecule has 494 valence electrons. The summed E-state index contributed by atoms with van der Waals surface area (Å²) in [6, 6.07) is 79.1. The summed E-state index contributed by atoms with van der Waals surface area (Å²) in [5.74, 6) is -0.848. The zero-order valence-electron chi connectivity index (χ0n) is 55.2. The normalized spacial score (nSPS) is 12.8. The number of fused-ring (bicyclic) bond motifs is 14. The lowest BCUT2D eigenvalue weighted by atomic mass is 9.80. The van der Waals surface area contributed by atoms with Gasteiger partial charge < -0.3 is 19.9 Å². The second-order valence-corrected chi connectivity index (χ2v) is 28.4. The third-order valence-corrected chi connectivity index (χ3v) is 22.0. The second-order valence-electron chi connectivity index (χ2n) is 27.0. The van der Waals surface area contributed by atoms with Crippen LogP contribution in [-0.4, -0.2) is 43.1 Å². The fourth-order valence-corrected chi connectivity index (χ4v) is 17.2. The maximum absolute atomic E-state index is 13.8. The molecule has 4 N–H and O–H groups in total. The Morgan fingerprint density at radius 2 is 0.581 bits per heavy atom. The van der Waals surface area contributed by atoms with E-state index < -0.39 is 0 Å². The number of ketones is 4. The third kappa shape index (κ3) is 8.92.